The molecule has 0 radical (unpaired) electrons. The van der Waals surface area contributed by atoms with Gasteiger partial charge in [-0.2, -0.15) is 0 Å². The molecule has 2 aromatic rings. The number of nitrogens with one attached hydrogen (secondary N) is 3. The van der Waals surface area contributed by atoms with Gasteiger partial charge in [-0.3, -0.25) is 9.59 Å². The lowest BCUT2D eigenvalue weighted by Crippen LogP contribution is -2.31. The Morgan fingerprint density at radius 1 is 1.04 bits per heavy atom. The number of benzene rings is 2. The topological polar surface area (TPSA) is 70.2 Å². The third-order valence-electron chi connectivity index (χ3n) is 5.84. The summed E-state index contributed by atoms with van der Waals surface area (Å²) in [6.45, 7) is 1.99. The van der Waals surface area contributed by atoms with Crippen LogP contribution in [-0.4, -0.2) is 24.9 Å². The standard InChI is InChI=1S/C22H24FN3O2/c23-18-3-1-2-4-19(18)26-20(27)13-15-5-7-16(8-6-15)25-21(28)17-14-22(17)9-11-24-12-10-22/h1-8,17,24H,9-14H2,(H,25,28)(H,26,27). The maximum Gasteiger partial charge on any atom is 0.228 e. The molecule has 0 bridgehead atoms. The molecule has 2 amide bonds. The van der Waals surface area contributed by atoms with E-state index < -0.39 is 5.82 Å². The van der Waals surface area contributed by atoms with Gasteiger partial charge < -0.3 is 16.0 Å². The van der Waals surface area contributed by atoms with Crippen LogP contribution in [0.4, 0.5) is 15.8 Å². The van der Waals surface area contributed by atoms with E-state index in [9.17, 15) is 14.0 Å². The van der Waals surface area contributed by atoms with Crippen LogP contribution in [0.2, 0.25) is 0 Å². The molecule has 1 atom stereocenters. The van der Waals surface area contributed by atoms with Gasteiger partial charge in [0.1, 0.15) is 5.82 Å². The Morgan fingerprint density at radius 2 is 1.75 bits per heavy atom. The van der Waals surface area contributed by atoms with Crippen LogP contribution < -0.4 is 16.0 Å². The number of hydrogen-bond acceptors (Lipinski definition) is 3. The number of carbonyl (C=O) groups excluding carboxylic acids is 2. The summed E-state index contributed by atoms with van der Waals surface area (Å²) in [6, 6.07) is 13.3. The molecule has 28 heavy (non-hydrogen) atoms. The molecule has 3 N–H and O–H groups in total. The van der Waals surface area contributed by atoms with E-state index in [1.165, 1.54) is 12.1 Å². The van der Waals surface area contributed by atoms with Gasteiger partial charge in [0, 0.05) is 11.6 Å². The van der Waals surface area contributed by atoms with Crippen molar-refractivity contribution < 1.29 is 14.0 Å². The summed E-state index contributed by atoms with van der Waals surface area (Å²) in [7, 11) is 0. The number of rotatable bonds is 5. The average Bonchev–Trinajstić information content (AvgIpc) is 3.39. The molecule has 1 aliphatic carbocycles. The fraction of sp³-hybridized carbons (Fsp3) is 0.364. The molecule has 0 aromatic heterocycles. The van der Waals surface area contributed by atoms with Gasteiger partial charge in [0.2, 0.25) is 11.8 Å². The van der Waals surface area contributed by atoms with Crippen LogP contribution in [0.25, 0.3) is 0 Å². The molecule has 1 heterocycles. The number of anilines is 2. The van der Waals surface area contributed by atoms with E-state index in [2.05, 4.69) is 16.0 Å². The van der Waals surface area contributed by atoms with Crippen molar-refractivity contribution in [2.24, 2.45) is 11.3 Å². The van der Waals surface area contributed by atoms with E-state index >= 15 is 0 Å². The molecule has 5 nitrogen and oxygen atoms in total. The minimum atomic E-state index is -0.458. The molecule has 1 aliphatic heterocycles. The minimum Gasteiger partial charge on any atom is -0.326 e. The van der Waals surface area contributed by atoms with Crippen LogP contribution in [0.15, 0.2) is 48.5 Å². The lowest BCUT2D eigenvalue weighted by atomic mass is 9.92. The van der Waals surface area contributed by atoms with E-state index in [1.807, 2.05) is 12.1 Å². The van der Waals surface area contributed by atoms with E-state index in [1.54, 1.807) is 24.3 Å². The van der Waals surface area contributed by atoms with E-state index in [4.69, 9.17) is 0 Å². The second-order valence-electron chi connectivity index (χ2n) is 7.76. The van der Waals surface area contributed by atoms with Crippen molar-refractivity contribution in [2.75, 3.05) is 23.7 Å². The Balaban J connectivity index is 1.30. The van der Waals surface area contributed by atoms with Crippen LogP contribution in [0.3, 0.4) is 0 Å². The largest absolute Gasteiger partial charge is 0.326 e. The van der Waals surface area contributed by atoms with Crippen LogP contribution in [-0.2, 0) is 16.0 Å². The molecular formula is C22H24FN3O2. The second-order valence-corrected chi connectivity index (χ2v) is 7.76. The normalized spacial score (nSPS) is 19.8. The predicted octanol–water partition coefficient (Wildman–Crippen LogP) is 3.34. The highest BCUT2D eigenvalue weighted by molar-refractivity contribution is 5.95. The Hall–Kier alpha value is -2.73. The zero-order valence-electron chi connectivity index (χ0n) is 15.6. The average molecular weight is 381 g/mol. The summed E-state index contributed by atoms with van der Waals surface area (Å²) >= 11 is 0. The van der Waals surface area contributed by atoms with Crippen LogP contribution in [0, 0.1) is 17.2 Å². The van der Waals surface area contributed by atoms with Gasteiger partial charge in [0.15, 0.2) is 0 Å². The quantitative estimate of drug-likeness (QED) is 0.744. The highest BCUT2D eigenvalue weighted by atomic mass is 19.1. The lowest BCUT2D eigenvalue weighted by Gasteiger charge is -2.23. The summed E-state index contributed by atoms with van der Waals surface area (Å²) < 4.78 is 13.6. The lowest BCUT2D eigenvalue weighted by molar-refractivity contribution is -0.118. The van der Waals surface area contributed by atoms with Gasteiger partial charge >= 0.3 is 0 Å². The fourth-order valence-corrected chi connectivity index (χ4v) is 4.07. The fourth-order valence-electron chi connectivity index (χ4n) is 4.07. The summed E-state index contributed by atoms with van der Waals surface area (Å²) in [4.78, 5) is 24.6. The second kappa shape index (κ2) is 7.72. The SMILES string of the molecule is O=C(Cc1ccc(NC(=O)C2CC23CCNCC3)cc1)Nc1ccccc1F. The molecule has 146 valence electrons. The minimum absolute atomic E-state index is 0.0898. The van der Waals surface area contributed by atoms with Crippen molar-refractivity contribution in [2.45, 2.75) is 25.7 Å². The van der Waals surface area contributed by atoms with Gasteiger partial charge in [-0.15, -0.1) is 0 Å². The first kappa shape index (κ1) is 18.6. The molecule has 2 aliphatic rings. The Labute approximate surface area is 163 Å². The molecule has 2 aromatic carbocycles. The van der Waals surface area contributed by atoms with Gasteiger partial charge in [0.25, 0.3) is 0 Å². The number of hydrogen-bond donors (Lipinski definition) is 3. The summed E-state index contributed by atoms with van der Waals surface area (Å²) in [5.74, 6) is -0.541. The molecule has 1 saturated heterocycles. The van der Waals surface area contributed by atoms with Crippen molar-refractivity contribution in [3.05, 3.63) is 59.9 Å². The molecule has 1 spiro atoms. The monoisotopic (exact) mass is 381 g/mol. The zero-order chi connectivity index (χ0) is 19.6. The third kappa shape index (κ3) is 4.07. The van der Waals surface area contributed by atoms with Crippen molar-refractivity contribution >= 4 is 23.2 Å². The molecule has 4 rings (SSSR count). The summed E-state index contributed by atoms with van der Waals surface area (Å²) in [6.07, 6.45) is 3.26. The number of piperidine rings is 1. The van der Waals surface area contributed by atoms with Gasteiger partial charge in [0.05, 0.1) is 12.1 Å². The maximum atomic E-state index is 13.6. The maximum absolute atomic E-state index is 13.6. The van der Waals surface area contributed by atoms with E-state index in [0.717, 1.165) is 43.6 Å². The first-order chi connectivity index (χ1) is 13.6. The number of carbonyl (C=O) groups is 2. The van der Waals surface area contributed by atoms with Gasteiger partial charge in [-0.1, -0.05) is 24.3 Å². The predicted molar refractivity (Wildman–Crippen MR) is 106 cm³/mol. The molecule has 2 fully saturated rings. The summed E-state index contributed by atoms with van der Waals surface area (Å²) in [5, 5.41) is 8.91. The Bertz CT molecular complexity index is 876. The van der Waals surface area contributed by atoms with Crippen molar-refractivity contribution in [1.29, 1.82) is 0 Å². The number of halogens is 1. The van der Waals surface area contributed by atoms with Crippen LogP contribution >= 0.6 is 0 Å². The molecule has 1 unspecified atom stereocenters. The van der Waals surface area contributed by atoms with Gasteiger partial charge in [-0.05, 0) is 67.6 Å². The zero-order valence-corrected chi connectivity index (χ0v) is 15.6. The van der Waals surface area contributed by atoms with E-state index in [-0.39, 0.29) is 35.3 Å². The van der Waals surface area contributed by atoms with Crippen molar-refractivity contribution in [3.63, 3.8) is 0 Å². The molecular weight excluding hydrogens is 357 g/mol. The highest BCUT2D eigenvalue weighted by Crippen LogP contribution is 2.58. The first-order valence-corrected chi connectivity index (χ1v) is 9.71. The molecule has 1 saturated carbocycles. The van der Waals surface area contributed by atoms with Crippen LogP contribution in [0.5, 0.6) is 0 Å². The number of amides is 2. The van der Waals surface area contributed by atoms with Crippen LogP contribution in [0.1, 0.15) is 24.8 Å². The first-order valence-electron chi connectivity index (χ1n) is 9.71. The van der Waals surface area contributed by atoms with Crippen molar-refractivity contribution in [3.8, 4) is 0 Å². The smallest absolute Gasteiger partial charge is 0.228 e. The van der Waals surface area contributed by atoms with Crippen molar-refractivity contribution in [1.82, 2.24) is 5.32 Å². The number of para-hydroxylation sites is 1. The molecule has 6 heteroatoms. The third-order valence-corrected chi connectivity index (χ3v) is 5.84. The Kier molecular flexibility index (Phi) is 5.13. The summed E-state index contributed by atoms with van der Waals surface area (Å²) in [5.41, 5.74) is 1.92. The van der Waals surface area contributed by atoms with Gasteiger partial charge in [-0.25, -0.2) is 4.39 Å². The Morgan fingerprint density at radius 3 is 2.46 bits per heavy atom. The van der Waals surface area contributed by atoms with E-state index in [0.29, 0.717) is 0 Å². The highest BCUT2D eigenvalue weighted by Gasteiger charge is 2.57.